The van der Waals surface area contributed by atoms with Gasteiger partial charge < -0.3 is 9.47 Å². The lowest BCUT2D eigenvalue weighted by molar-refractivity contribution is 0.135. The van der Waals surface area contributed by atoms with E-state index in [0.717, 1.165) is 32.0 Å². The van der Waals surface area contributed by atoms with Gasteiger partial charge in [0.2, 0.25) is 0 Å². The molecule has 0 bridgehead atoms. The Labute approximate surface area is 158 Å². The van der Waals surface area contributed by atoms with Gasteiger partial charge >= 0.3 is 0 Å². The number of hydrogen-bond acceptors (Lipinski definition) is 7. The van der Waals surface area contributed by atoms with Crippen molar-refractivity contribution in [1.82, 2.24) is 0 Å². The summed E-state index contributed by atoms with van der Waals surface area (Å²) in [5, 5.41) is 8.79. The molecule has 5 rings (SSSR count). The van der Waals surface area contributed by atoms with Crippen LogP contribution < -0.4 is 0 Å². The van der Waals surface area contributed by atoms with Crippen molar-refractivity contribution in [2.75, 3.05) is 0 Å². The van der Waals surface area contributed by atoms with Crippen molar-refractivity contribution in [3.63, 3.8) is 0 Å². The molecule has 0 radical (unpaired) electrons. The van der Waals surface area contributed by atoms with Crippen molar-refractivity contribution in [2.24, 2.45) is 4.40 Å². The summed E-state index contributed by atoms with van der Waals surface area (Å²) in [6.07, 6.45) is 0. The molecule has 0 saturated heterocycles. The van der Waals surface area contributed by atoms with Crippen LogP contribution >= 0.6 is 35.5 Å². The first-order chi connectivity index (χ1) is 12.1. The predicted octanol–water partition coefficient (Wildman–Crippen LogP) is 4.93. The first kappa shape index (κ1) is 15.4. The molecule has 0 unspecified atom stereocenters. The minimum absolute atomic E-state index is 0.356. The lowest BCUT2D eigenvalue weighted by atomic mass is 9.86. The molecule has 1 aliphatic carbocycles. The standard InChI is InChI=1S/C18H14N2O2S3/c1-7-3-9-5-21-15-11(17(9)24-7)13(19)14(20-23)12-16(15)22-6-10-4-8(2)25-18(10)12/h3-4,19,23H,5-6H2,1-2H3/b19-13?,20-14-. The average molecular weight is 387 g/mol. The Kier molecular flexibility index (Phi) is 3.29. The molecule has 0 atom stereocenters. The maximum Gasteiger partial charge on any atom is 0.173 e. The molecular formula is C18H14N2O2S3. The summed E-state index contributed by atoms with van der Waals surface area (Å²) in [7, 11) is 0. The van der Waals surface area contributed by atoms with Gasteiger partial charge in [-0.1, -0.05) is 0 Å². The molecule has 2 aromatic heterocycles. The molecule has 0 amide bonds. The highest BCUT2D eigenvalue weighted by Gasteiger charge is 2.41. The summed E-state index contributed by atoms with van der Waals surface area (Å²) in [6.45, 7) is 5.18. The molecule has 3 aliphatic rings. The van der Waals surface area contributed by atoms with E-state index >= 15 is 0 Å². The zero-order chi connectivity index (χ0) is 17.3. The van der Waals surface area contributed by atoms with E-state index in [1.807, 2.05) is 0 Å². The van der Waals surface area contributed by atoms with Gasteiger partial charge in [0, 0.05) is 30.6 Å². The number of nitrogens with one attached hydrogen (secondary N) is 1. The molecule has 1 N–H and O–H groups in total. The van der Waals surface area contributed by atoms with Crippen molar-refractivity contribution in [3.05, 3.63) is 54.3 Å². The Morgan fingerprint density at radius 3 is 2.04 bits per heavy atom. The van der Waals surface area contributed by atoms with Crippen LogP contribution in [0.4, 0.5) is 0 Å². The van der Waals surface area contributed by atoms with E-state index in [1.165, 1.54) is 9.75 Å². The third-order valence-corrected chi connectivity index (χ3v) is 6.97. The number of hydrogen-bond donors (Lipinski definition) is 2. The maximum absolute atomic E-state index is 8.79. The number of aryl methyl sites for hydroxylation is 2. The maximum atomic E-state index is 8.79. The van der Waals surface area contributed by atoms with Crippen molar-refractivity contribution < 1.29 is 9.47 Å². The smallest absolute Gasteiger partial charge is 0.173 e. The summed E-state index contributed by atoms with van der Waals surface area (Å²) >= 11 is 7.56. The quantitative estimate of drug-likeness (QED) is 0.498. The highest BCUT2D eigenvalue weighted by atomic mass is 32.1. The van der Waals surface area contributed by atoms with Crippen LogP contribution in [0.2, 0.25) is 0 Å². The number of rotatable bonds is 0. The molecule has 7 heteroatoms. The number of allylic oxidation sites excluding steroid dienone is 2. The van der Waals surface area contributed by atoms with Gasteiger partial charge in [-0.15, -0.1) is 22.7 Å². The number of thiophene rings is 2. The summed E-state index contributed by atoms with van der Waals surface area (Å²) in [6, 6.07) is 4.26. The molecule has 0 aromatic carbocycles. The fourth-order valence-corrected chi connectivity index (χ4v) is 5.90. The van der Waals surface area contributed by atoms with Gasteiger partial charge in [0.15, 0.2) is 11.5 Å². The molecular weight excluding hydrogens is 372 g/mol. The number of thiol groups is 1. The zero-order valence-electron chi connectivity index (χ0n) is 13.6. The minimum atomic E-state index is 0.356. The van der Waals surface area contributed by atoms with Gasteiger partial charge in [-0.25, -0.2) is 4.40 Å². The molecule has 4 heterocycles. The molecule has 25 heavy (non-hydrogen) atoms. The summed E-state index contributed by atoms with van der Waals surface area (Å²) < 4.78 is 16.3. The van der Waals surface area contributed by atoms with Crippen LogP contribution in [0.15, 0.2) is 28.0 Å². The van der Waals surface area contributed by atoms with E-state index in [1.54, 1.807) is 22.7 Å². The highest BCUT2D eigenvalue weighted by Crippen LogP contribution is 2.48. The Balaban J connectivity index is 1.83. The molecule has 2 aromatic rings. The molecule has 4 nitrogen and oxygen atoms in total. The van der Waals surface area contributed by atoms with Gasteiger partial charge in [0.1, 0.15) is 18.9 Å². The Bertz CT molecular complexity index is 1050. The Morgan fingerprint density at radius 2 is 1.48 bits per heavy atom. The second-order valence-corrected chi connectivity index (χ2v) is 8.94. The lowest BCUT2D eigenvalue weighted by Gasteiger charge is -2.32. The molecule has 0 saturated carbocycles. The van der Waals surface area contributed by atoms with Crippen LogP contribution in [0, 0.1) is 19.3 Å². The van der Waals surface area contributed by atoms with E-state index in [0.29, 0.717) is 36.2 Å². The predicted molar refractivity (Wildman–Crippen MR) is 106 cm³/mol. The second kappa shape index (κ2) is 5.33. The first-order valence-electron chi connectivity index (χ1n) is 7.84. The number of fused-ring (bicyclic) bond motifs is 5. The third-order valence-electron chi connectivity index (χ3n) is 4.55. The van der Waals surface area contributed by atoms with Crippen LogP contribution in [-0.4, -0.2) is 11.4 Å². The van der Waals surface area contributed by atoms with Crippen molar-refractivity contribution >= 4 is 58.1 Å². The number of ether oxygens (including phenoxy) is 2. The summed E-state index contributed by atoms with van der Waals surface area (Å²) in [4.78, 5) is 4.62. The highest BCUT2D eigenvalue weighted by molar-refractivity contribution is 7.79. The van der Waals surface area contributed by atoms with E-state index in [9.17, 15) is 0 Å². The zero-order valence-corrected chi connectivity index (χ0v) is 16.1. The second-order valence-electron chi connectivity index (χ2n) is 6.23. The molecule has 126 valence electrons. The van der Waals surface area contributed by atoms with Gasteiger partial charge in [0.25, 0.3) is 0 Å². The van der Waals surface area contributed by atoms with Gasteiger partial charge in [0.05, 0.1) is 16.9 Å². The van der Waals surface area contributed by atoms with E-state index in [2.05, 4.69) is 43.2 Å². The van der Waals surface area contributed by atoms with Crippen molar-refractivity contribution in [1.29, 1.82) is 5.41 Å². The van der Waals surface area contributed by atoms with Crippen molar-refractivity contribution in [3.8, 4) is 0 Å². The molecule has 0 spiro atoms. The fourth-order valence-electron chi connectivity index (χ4n) is 3.57. The SMILES string of the molecule is Cc1cc2c(s1)C1=C(OC2)C2=C(/C(=N/S)C1=N)c1sc(C)cc1CO2. The van der Waals surface area contributed by atoms with E-state index in [-0.39, 0.29) is 0 Å². The third kappa shape index (κ3) is 2.06. The summed E-state index contributed by atoms with van der Waals surface area (Å²) in [5.74, 6) is 1.37. The van der Waals surface area contributed by atoms with Crippen LogP contribution in [0.25, 0.3) is 11.1 Å². The molecule has 0 fully saturated rings. The topological polar surface area (TPSA) is 54.7 Å². The Morgan fingerprint density at radius 1 is 0.960 bits per heavy atom. The largest absolute Gasteiger partial charge is 0.484 e. The average Bonchev–Trinajstić information content (AvgIpc) is 3.15. The van der Waals surface area contributed by atoms with Crippen LogP contribution in [0.3, 0.4) is 0 Å². The van der Waals surface area contributed by atoms with Crippen LogP contribution in [0.5, 0.6) is 0 Å². The minimum Gasteiger partial charge on any atom is -0.484 e. The monoisotopic (exact) mass is 386 g/mol. The first-order valence-corrected chi connectivity index (χ1v) is 9.87. The van der Waals surface area contributed by atoms with Gasteiger partial charge in [-0.2, -0.15) is 0 Å². The van der Waals surface area contributed by atoms with Gasteiger partial charge in [-0.3, -0.25) is 5.41 Å². The fraction of sp³-hybridized carbons (Fsp3) is 0.222. The van der Waals surface area contributed by atoms with E-state index < -0.39 is 0 Å². The summed E-state index contributed by atoms with van der Waals surface area (Å²) in [5.41, 5.74) is 4.79. The van der Waals surface area contributed by atoms with Crippen LogP contribution in [-0.2, 0) is 22.7 Å². The lowest BCUT2D eigenvalue weighted by Crippen LogP contribution is -2.29. The van der Waals surface area contributed by atoms with E-state index in [4.69, 9.17) is 14.9 Å². The number of nitrogens with zero attached hydrogens (tertiary/aromatic N) is 1. The normalized spacial score (nSPS) is 20.0. The van der Waals surface area contributed by atoms with Crippen LogP contribution in [0.1, 0.15) is 30.6 Å². The van der Waals surface area contributed by atoms with Crippen molar-refractivity contribution in [2.45, 2.75) is 27.1 Å². The molecule has 2 aliphatic heterocycles. The van der Waals surface area contributed by atoms with Gasteiger partial charge in [-0.05, 0) is 38.8 Å². The Hall–Kier alpha value is -1.83.